The number of fused-ring (bicyclic) bond motifs is 5. The van der Waals surface area contributed by atoms with E-state index in [1.54, 1.807) is 0 Å². The maximum absolute atomic E-state index is 10.3. The first-order chi connectivity index (χ1) is 14.2. The van der Waals surface area contributed by atoms with Crippen LogP contribution in [0.25, 0.3) is 0 Å². The van der Waals surface area contributed by atoms with Crippen LogP contribution in [0.1, 0.15) is 99.3 Å². The summed E-state index contributed by atoms with van der Waals surface area (Å²) in [5, 5.41) is 10.3. The van der Waals surface area contributed by atoms with E-state index in [1.165, 1.54) is 44.9 Å². The average molecular weight is 413 g/mol. The molecule has 1 nitrogen and oxygen atoms in total. The summed E-state index contributed by atoms with van der Waals surface area (Å²) < 4.78 is 0. The summed E-state index contributed by atoms with van der Waals surface area (Å²) in [7, 11) is 0. The van der Waals surface area contributed by atoms with Crippen LogP contribution < -0.4 is 0 Å². The van der Waals surface area contributed by atoms with Gasteiger partial charge in [-0.15, -0.1) is 0 Å². The Kier molecular flexibility index (Phi) is 6.35. The summed E-state index contributed by atoms with van der Waals surface area (Å²) >= 11 is 0. The molecule has 0 aliphatic heterocycles. The molecule has 30 heavy (non-hydrogen) atoms. The predicted octanol–water partition coefficient (Wildman–Crippen LogP) is 7.80. The van der Waals surface area contributed by atoms with E-state index in [2.05, 4.69) is 59.8 Å². The van der Waals surface area contributed by atoms with E-state index in [1.807, 2.05) is 5.57 Å². The van der Waals surface area contributed by atoms with E-state index < -0.39 is 0 Å². The molecule has 0 saturated heterocycles. The fourth-order valence-electron chi connectivity index (χ4n) is 8.68. The highest BCUT2D eigenvalue weighted by Gasteiger charge is 2.57. The molecule has 0 aromatic carbocycles. The monoisotopic (exact) mass is 412 g/mol. The van der Waals surface area contributed by atoms with E-state index in [9.17, 15) is 5.11 Å². The first kappa shape index (κ1) is 22.6. The third kappa shape index (κ3) is 3.66. The lowest BCUT2D eigenvalue weighted by Gasteiger charge is -2.57. The van der Waals surface area contributed by atoms with Gasteiger partial charge in [0.15, 0.2) is 0 Å². The fourth-order valence-corrected chi connectivity index (χ4v) is 8.68. The first-order valence-corrected chi connectivity index (χ1v) is 13.3. The van der Waals surface area contributed by atoms with E-state index in [-0.39, 0.29) is 6.10 Å². The Morgan fingerprint density at radius 2 is 1.70 bits per heavy atom. The molecule has 3 fully saturated rings. The van der Waals surface area contributed by atoms with Crippen LogP contribution in [0.4, 0.5) is 0 Å². The van der Waals surface area contributed by atoms with Crippen molar-refractivity contribution in [1.29, 1.82) is 0 Å². The number of aliphatic hydroxyl groups excluding tert-OH is 1. The highest BCUT2D eigenvalue weighted by atomic mass is 16.3. The van der Waals surface area contributed by atoms with Gasteiger partial charge in [0.25, 0.3) is 0 Å². The second kappa shape index (κ2) is 8.42. The zero-order valence-corrected chi connectivity index (χ0v) is 20.7. The SMILES string of the molecule is CC[C@H](/C=C\[C@H](C)[C@H]1CC[C@H]2C3=CC[C@H]4C[C@@H](O)CC[C@@]4(C)[C@@H]3CC[C@@]12C)C(C)C. The van der Waals surface area contributed by atoms with E-state index >= 15 is 0 Å². The average Bonchev–Trinajstić information content (AvgIpc) is 3.06. The van der Waals surface area contributed by atoms with Crippen LogP contribution in [0.3, 0.4) is 0 Å². The van der Waals surface area contributed by atoms with Gasteiger partial charge in [-0.2, -0.15) is 0 Å². The minimum atomic E-state index is -0.0480. The third-order valence-corrected chi connectivity index (χ3v) is 10.7. The van der Waals surface area contributed by atoms with Gasteiger partial charge < -0.3 is 5.11 Å². The van der Waals surface area contributed by atoms with Crippen LogP contribution in [0.15, 0.2) is 23.8 Å². The molecular weight excluding hydrogens is 364 g/mol. The van der Waals surface area contributed by atoms with Crippen molar-refractivity contribution in [3.8, 4) is 0 Å². The molecule has 0 radical (unpaired) electrons. The standard InChI is InChI=1S/C29H48O/c1-7-21(19(2)3)9-8-20(4)25-12-13-26-24-11-10-22-18-23(30)14-16-28(22,5)27(24)15-17-29(25,26)6/h8-9,11,19-23,25-27,30H,7,10,12-18H2,1-6H3/b9-8-/t20-,21+,22-,23-,25+,26-,27+,28+,29-/m0/s1. The summed E-state index contributed by atoms with van der Waals surface area (Å²) in [5.41, 5.74) is 2.79. The molecule has 0 amide bonds. The topological polar surface area (TPSA) is 20.2 Å². The Labute approximate surface area is 186 Å². The zero-order valence-electron chi connectivity index (χ0n) is 20.7. The molecule has 170 valence electrons. The van der Waals surface area contributed by atoms with E-state index in [0.29, 0.717) is 22.7 Å². The van der Waals surface area contributed by atoms with Gasteiger partial charge >= 0.3 is 0 Å². The number of rotatable bonds is 5. The summed E-state index contributed by atoms with van der Waals surface area (Å²) in [4.78, 5) is 0. The van der Waals surface area contributed by atoms with Gasteiger partial charge in [0.1, 0.15) is 0 Å². The molecule has 4 rings (SSSR count). The van der Waals surface area contributed by atoms with Crippen LogP contribution in [-0.4, -0.2) is 11.2 Å². The van der Waals surface area contributed by atoms with Crippen LogP contribution in [0.2, 0.25) is 0 Å². The minimum absolute atomic E-state index is 0.0480. The predicted molar refractivity (Wildman–Crippen MR) is 128 cm³/mol. The van der Waals surface area contributed by atoms with Gasteiger partial charge in [-0.1, -0.05) is 65.3 Å². The largest absolute Gasteiger partial charge is 0.393 e. The maximum atomic E-state index is 10.3. The zero-order chi connectivity index (χ0) is 21.7. The number of aliphatic hydroxyl groups is 1. The number of hydrogen-bond acceptors (Lipinski definition) is 1. The molecular formula is C29H48O. The lowest BCUT2D eigenvalue weighted by Crippen LogP contribution is -2.49. The van der Waals surface area contributed by atoms with Gasteiger partial charge in [0.2, 0.25) is 0 Å². The van der Waals surface area contributed by atoms with Gasteiger partial charge in [0, 0.05) is 0 Å². The second-order valence-electron chi connectivity index (χ2n) is 12.5. The molecule has 3 saturated carbocycles. The van der Waals surface area contributed by atoms with Gasteiger partial charge in [0.05, 0.1) is 6.10 Å². The summed E-state index contributed by atoms with van der Waals surface area (Å²) in [6, 6.07) is 0. The van der Waals surface area contributed by atoms with Gasteiger partial charge in [-0.05, 0) is 110 Å². The van der Waals surface area contributed by atoms with Gasteiger partial charge in [-0.3, -0.25) is 0 Å². The highest BCUT2D eigenvalue weighted by molar-refractivity contribution is 5.28. The smallest absolute Gasteiger partial charge is 0.0543 e. The fraction of sp³-hybridized carbons (Fsp3) is 0.862. The molecule has 0 spiro atoms. The Hall–Kier alpha value is -0.560. The van der Waals surface area contributed by atoms with Crippen LogP contribution in [-0.2, 0) is 0 Å². The molecule has 0 bridgehead atoms. The van der Waals surface area contributed by atoms with Crippen LogP contribution >= 0.6 is 0 Å². The molecule has 0 unspecified atom stereocenters. The van der Waals surface area contributed by atoms with Crippen LogP contribution in [0, 0.1) is 52.3 Å². The van der Waals surface area contributed by atoms with Crippen molar-refractivity contribution in [2.24, 2.45) is 52.3 Å². The number of hydrogen-bond donors (Lipinski definition) is 1. The molecule has 4 aliphatic rings. The summed E-state index contributed by atoms with van der Waals surface area (Å²) in [5.74, 6) is 5.32. The minimum Gasteiger partial charge on any atom is -0.393 e. The van der Waals surface area contributed by atoms with Crippen molar-refractivity contribution in [2.45, 2.75) is 105 Å². The molecule has 9 atom stereocenters. The molecule has 4 aliphatic carbocycles. The van der Waals surface area contributed by atoms with Crippen LogP contribution in [0.5, 0.6) is 0 Å². The lowest BCUT2D eigenvalue weighted by molar-refractivity contribution is -0.0414. The second-order valence-corrected chi connectivity index (χ2v) is 12.5. The quantitative estimate of drug-likeness (QED) is 0.457. The Morgan fingerprint density at radius 1 is 1.00 bits per heavy atom. The van der Waals surface area contributed by atoms with Gasteiger partial charge in [-0.25, -0.2) is 0 Å². The maximum Gasteiger partial charge on any atom is 0.0543 e. The lowest BCUT2D eigenvalue weighted by atomic mass is 9.47. The summed E-state index contributed by atoms with van der Waals surface area (Å²) in [6.45, 7) is 14.8. The Bertz CT molecular complexity index is 674. The van der Waals surface area contributed by atoms with Crippen molar-refractivity contribution >= 4 is 0 Å². The molecule has 0 aromatic rings. The highest BCUT2D eigenvalue weighted by Crippen LogP contribution is 2.66. The number of allylic oxidation sites excluding steroid dienone is 4. The third-order valence-electron chi connectivity index (χ3n) is 10.7. The molecule has 1 heteroatoms. The van der Waals surface area contributed by atoms with E-state index in [4.69, 9.17) is 0 Å². The van der Waals surface area contributed by atoms with Crippen molar-refractivity contribution in [3.05, 3.63) is 23.8 Å². The normalized spacial score (nSPS) is 45.6. The van der Waals surface area contributed by atoms with Crippen molar-refractivity contribution in [1.82, 2.24) is 0 Å². The van der Waals surface area contributed by atoms with Crippen molar-refractivity contribution in [3.63, 3.8) is 0 Å². The van der Waals surface area contributed by atoms with Crippen molar-refractivity contribution in [2.75, 3.05) is 0 Å². The van der Waals surface area contributed by atoms with E-state index in [0.717, 1.165) is 42.4 Å². The summed E-state index contributed by atoms with van der Waals surface area (Å²) in [6.07, 6.45) is 19.2. The first-order valence-electron chi connectivity index (χ1n) is 13.3. The molecule has 0 heterocycles. The van der Waals surface area contributed by atoms with Crippen molar-refractivity contribution < 1.29 is 5.11 Å². The molecule has 0 aromatic heterocycles. The Morgan fingerprint density at radius 3 is 2.40 bits per heavy atom. The Balaban J connectivity index is 1.53. The molecule has 1 N–H and O–H groups in total.